The van der Waals surface area contributed by atoms with Crippen LogP contribution in [0, 0.1) is 6.92 Å². The number of aryl methyl sites for hydroxylation is 1. The zero-order valence-electron chi connectivity index (χ0n) is 9.91. The van der Waals surface area contributed by atoms with Gasteiger partial charge in [0.1, 0.15) is 5.76 Å². The normalized spacial score (nSPS) is 12.7. The summed E-state index contributed by atoms with van der Waals surface area (Å²) >= 11 is 12.2. The average molecular weight is 285 g/mol. The summed E-state index contributed by atoms with van der Waals surface area (Å²) in [4.78, 5) is 0. The highest BCUT2D eigenvalue weighted by Crippen LogP contribution is 2.30. The van der Waals surface area contributed by atoms with Crippen LogP contribution in [0.4, 0.5) is 0 Å². The number of hydrazine groups is 1. The van der Waals surface area contributed by atoms with Crippen LogP contribution >= 0.6 is 23.2 Å². The summed E-state index contributed by atoms with van der Waals surface area (Å²) in [6, 6.07) is 7.33. The van der Waals surface area contributed by atoms with Gasteiger partial charge in [-0.3, -0.25) is 5.84 Å². The molecule has 0 radical (unpaired) electrons. The maximum atomic E-state index is 6.16. The Balaban J connectivity index is 2.26. The van der Waals surface area contributed by atoms with Crippen LogP contribution in [0.2, 0.25) is 10.0 Å². The van der Waals surface area contributed by atoms with Crippen LogP contribution in [0.25, 0.3) is 0 Å². The molecule has 18 heavy (non-hydrogen) atoms. The van der Waals surface area contributed by atoms with Crippen molar-refractivity contribution in [2.75, 3.05) is 0 Å². The van der Waals surface area contributed by atoms with Crippen molar-refractivity contribution < 1.29 is 4.42 Å². The number of halogens is 2. The minimum atomic E-state index is -0.129. The molecule has 0 saturated heterocycles. The van der Waals surface area contributed by atoms with Crippen molar-refractivity contribution in [3.05, 3.63) is 57.5 Å². The van der Waals surface area contributed by atoms with Gasteiger partial charge in [0.2, 0.25) is 0 Å². The first-order valence-corrected chi connectivity index (χ1v) is 6.32. The van der Waals surface area contributed by atoms with Gasteiger partial charge in [0.05, 0.1) is 22.4 Å². The summed E-state index contributed by atoms with van der Waals surface area (Å²) < 4.78 is 5.44. The largest absolute Gasteiger partial charge is 0.467 e. The Morgan fingerprint density at radius 2 is 2.11 bits per heavy atom. The van der Waals surface area contributed by atoms with Gasteiger partial charge in [-0.05, 0) is 36.6 Å². The second-order valence-electron chi connectivity index (χ2n) is 4.10. The summed E-state index contributed by atoms with van der Waals surface area (Å²) in [7, 11) is 0. The number of rotatable bonds is 4. The van der Waals surface area contributed by atoms with Crippen molar-refractivity contribution in [2.45, 2.75) is 19.4 Å². The van der Waals surface area contributed by atoms with E-state index < -0.39 is 0 Å². The third-order valence-corrected chi connectivity index (χ3v) is 3.73. The first kappa shape index (κ1) is 13.4. The Kier molecular flexibility index (Phi) is 4.30. The first-order valence-electron chi connectivity index (χ1n) is 5.56. The van der Waals surface area contributed by atoms with E-state index in [0.717, 1.165) is 16.9 Å². The molecule has 0 aliphatic heterocycles. The molecule has 0 fully saturated rings. The quantitative estimate of drug-likeness (QED) is 0.666. The number of benzene rings is 1. The molecule has 1 unspecified atom stereocenters. The molecule has 96 valence electrons. The Labute approximate surface area is 116 Å². The second kappa shape index (κ2) is 5.76. The maximum Gasteiger partial charge on any atom is 0.125 e. The SMILES string of the molecule is Cc1ccoc1C(Cc1cccc(Cl)c1Cl)NN. The number of furan rings is 1. The van der Waals surface area contributed by atoms with E-state index >= 15 is 0 Å². The lowest BCUT2D eigenvalue weighted by molar-refractivity contribution is 0.413. The predicted octanol–water partition coefficient (Wildman–Crippen LogP) is 3.64. The van der Waals surface area contributed by atoms with E-state index in [0.29, 0.717) is 16.5 Å². The minimum Gasteiger partial charge on any atom is -0.467 e. The van der Waals surface area contributed by atoms with Crippen LogP contribution < -0.4 is 11.3 Å². The second-order valence-corrected chi connectivity index (χ2v) is 4.89. The lowest BCUT2D eigenvalue weighted by atomic mass is 10.0. The Bertz CT molecular complexity index is 540. The molecular formula is C13H14Cl2N2O. The lowest BCUT2D eigenvalue weighted by Gasteiger charge is -2.15. The van der Waals surface area contributed by atoms with Crippen molar-refractivity contribution in [3.8, 4) is 0 Å². The van der Waals surface area contributed by atoms with E-state index in [1.807, 2.05) is 25.1 Å². The van der Waals surface area contributed by atoms with Gasteiger partial charge in [0, 0.05) is 0 Å². The van der Waals surface area contributed by atoms with Crippen LogP contribution in [0.1, 0.15) is 22.9 Å². The van der Waals surface area contributed by atoms with E-state index in [9.17, 15) is 0 Å². The number of hydrogen-bond acceptors (Lipinski definition) is 3. The van der Waals surface area contributed by atoms with Crippen LogP contribution in [-0.4, -0.2) is 0 Å². The molecule has 3 N–H and O–H groups in total. The summed E-state index contributed by atoms with van der Waals surface area (Å²) in [6.45, 7) is 1.97. The van der Waals surface area contributed by atoms with Gasteiger partial charge in [-0.2, -0.15) is 0 Å². The monoisotopic (exact) mass is 284 g/mol. The molecule has 0 amide bonds. The first-order chi connectivity index (χ1) is 8.63. The van der Waals surface area contributed by atoms with Gasteiger partial charge in [-0.25, -0.2) is 5.43 Å². The van der Waals surface area contributed by atoms with Gasteiger partial charge in [-0.15, -0.1) is 0 Å². The standard InChI is InChI=1S/C13H14Cl2N2O/c1-8-5-6-18-13(8)11(17-16)7-9-3-2-4-10(14)12(9)15/h2-6,11,17H,7,16H2,1H3. The molecule has 2 rings (SSSR count). The molecule has 2 aromatic rings. The van der Waals surface area contributed by atoms with Crippen molar-refractivity contribution in [1.29, 1.82) is 0 Å². The van der Waals surface area contributed by atoms with Crippen LogP contribution in [0.3, 0.4) is 0 Å². The fourth-order valence-electron chi connectivity index (χ4n) is 1.89. The molecule has 5 heteroatoms. The zero-order valence-corrected chi connectivity index (χ0v) is 11.4. The third-order valence-electron chi connectivity index (χ3n) is 2.87. The molecule has 0 spiro atoms. The average Bonchev–Trinajstić information content (AvgIpc) is 2.77. The van der Waals surface area contributed by atoms with E-state index in [2.05, 4.69) is 5.43 Å². The summed E-state index contributed by atoms with van der Waals surface area (Å²) in [6.07, 6.45) is 2.26. The fraction of sp³-hybridized carbons (Fsp3) is 0.231. The van der Waals surface area contributed by atoms with E-state index in [1.165, 1.54) is 0 Å². The highest BCUT2D eigenvalue weighted by Gasteiger charge is 2.18. The predicted molar refractivity (Wildman–Crippen MR) is 73.7 cm³/mol. The Morgan fingerprint density at radius 1 is 1.33 bits per heavy atom. The van der Waals surface area contributed by atoms with Gasteiger partial charge >= 0.3 is 0 Å². The van der Waals surface area contributed by atoms with E-state index in [-0.39, 0.29) is 6.04 Å². The number of nitrogens with two attached hydrogens (primary N) is 1. The molecule has 1 aromatic carbocycles. The minimum absolute atomic E-state index is 0.129. The van der Waals surface area contributed by atoms with E-state index in [1.54, 1.807) is 12.3 Å². The fourth-order valence-corrected chi connectivity index (χ4v) is 2.29. The molecule has 1 heterocycles. The molecule has 1 aromatic heterocycles. The van der Waals surface area contributed by atoms with Crippen LogP contribution in [0.5, 0.6) is 0 Å². The molecule has 0 bridgehead atoms. The summed E-state index contributed by atoms with van der Waals surface area (Å²) in [5.41, 5.74) is 4.73. The Morgan fingerprint density at radius 3 is 2.72 bits per heavy atom. The molecule has 1 atom stereocenters. The van der Waals surface area contributed by atoms with Crippen LogP contribution in [0.15, 0.2) is 34.9 Å². The van der Waals surface area contributed by atoms with Gasteiger partial charge in [-0.1, -0.05) is 35.3 Å². The highest BCUT2D eigenvalue weighted by molar-refractivity contribution is 6.42. The van der Waals surface area contributed by atoms with Crippen molar-refractivity contribution in [2.24, 2.45) is 5.84 Å². The smallest absolute Gasteiger partial charge is 0.125 e. The van der Waals surface area contributed by atoms with Gasteiger partial charge in [0.15, 0.2) is 0 Å². The molecule has 0 aliphatic carbocycles. The Hall–Kier alpha value is -1.00. The molecule has 0 saturated carbocycles. The third kappa shape index (κ3) is 2.70. The van der Waals surface area contributed by atoms with E-state index in [4.69, 9.17) is 33.5 Å². The summed E-state index contributed by atoms with van der Waals surface area (Å²) in [5, 5.41) is 1.10. The van der Waals surface area contributed by atoms with Gasteiger partial charge < -0.3 is 4.42 Å². The summed E-state index contributed by atoms with van der Waals surface area (Å²) in [5.74, 6) is 6.40. The van der Waals surface area contributed by atoms with Crippen LogP contribution in [-0.2, 0) is 6.42 Å². The van der Waals surface area contributed by atoms with Gasteiger partial charge in [0.25, 0.3) is 0 Å². The topological polar surface area (TPSA) is 51.2 Å². The number of hydrogen-bond donors (Lipinski definition) is 2. The molecule has 0 aliphatic rings. The maximum absolute atomic E-state index is 6.16. The van der Waals surface area contributed by atoms with Crippen molar-refractivity contribution in [3.63, 3.8) is 0 Å². The lowest BCUT2D eigenvalue weighted by Crippen LogP contribution is -2.29. The highest BCUT2D eigenvalue weighted by atomic mass is 35.5. The number of nitrogens with one attached hydrogen (secondary N) is 1. The zero-order chi connectivity index (χ0) is 13.1. The van der Waals surface area contributed by atoms with Crippen molar-refractivity contribution >= 4 is 23.2 Å². The molecular weight excluding hydrogens is 271 g/mol. The molecule has 3 nitrogen and oxygen atoms in total. The van der Waals surface area contributed by atoms with Crippen molar-refractivity contribution in [1.82, 2.24) is 5.43 Å².